The highest BCUT2D eigenvalue weighted by molar-refractivity contribution is 7.42. The maximum Gasteiger partial charge on any atom is 0.112 e. The standard InChI is InChI=1S/C18H25Si2/c1-4-20(5-2,6-3)19(17-13-9-7-10-14-17)18-15-11-8-12-16-18/h7-16H,4-6H2,1-3H3. The number of benzene rings is 2. The molecule has 2 aromatic carbocycles. The van der Waals surface area contributed by atoms with Crippen molar-refractivity contribution in [3.8, 4) is 0 Å². The highest BCUT2D eigenvalue weighted by atomic mass is 29.2. The molecular formula is C18H25Si2. The van der Waals surface area contributed by atoms with Crippen LogP contribution < -0.4 is 10.4 Å². The zero-order valence-corrected chi connectivity index (χ0v) is 14.9. The van der Waals surface area contributed by atoms with Gasteiger partial charge in [-0.05, 0) is 0 Å². The summed E-state index contributed by atoms with van der Waals surface area (Å²) in [5, 5.41) is 3.22. The lowest BCUT2D eigenvalue weighted by atomic mass is 10.4. The topological polar surface area (TPSA) is 0 Å². The maximum atomic E-state index is 2.43. The van der Waals surface area contributed by atoms with E-state index in [1.54, 1.807) is 10.4 Å². The van der Waals surface area contributed by atoms with Crippen molar-refractivity contribution in [2.75, 3.05) is 0 Å². The normalized spacial score (nSPS) is 11.8. The monoisotopic (exact) mass is 297 g/mol. The number of hydrogen-bond acceptors (Lipinski definition) is 0. The Morgan fingerprint density at radius 3 is 1.30 bits per heavy atom. The highest BCUT2D eigenvalue weighted by Gasteiger charge is 2.39. The Hall–Kier alpha value is -1.13. The Morgan fingerprint density at radius 2 is 1.00 bits per heavy atom. The van der Waals surface area contributed by atoms with Crippen molar-refractivity contribution in [1.82, 2.24) is 0 Å². The van der Waals surface area contributed by atoms with Crippen LogP contribution in [0, 0.1) is 0 Å². The van der Waals surface area contributed by atoms with Crippen molar-refractivity contribution in [2.45, 2.75) is 38.9 Å². The van der Waals surface area contributed by atoms with Gasteiger partial charge in [-0.15, -0.1) is 0 Å². The van der Waals surface area contributed by atoms with Gasteiger partial charge in [0.25, 0.3) is 0 Å². The SMILES string of the molecule is CC[Si](CC)(CC)[Si](c1ccccc1)c1ccccc1. The number of hydrogen-bond donors (Lipinski definition) is 0. The molecule has 0 amide bonds. The summed E-state index contributed by atoms with van der Waals surface area (Å²) < 4.78 is 0. The van der Waals surface area contributed by atoms with E-state index in [2.05, 4.69) is 81.4 Å². The predicted molar refractivity (Wildman–Crippen MR) is 95.1 cm³/mol. The van der Waals surface area contributed by atoms with Gasteiger partial charge in [0.05, 0.1) is 7.59 Å². The largest absolute Gasteiger partial charge is 0.112 e. The lowest BCUT2D eigenvalue weighted by Gasteiger charge is -2.36. The predicted octanol–water partition coefficient (Wildman–Crippen LogP) is 3.88. The molecule has 0 bridgehead atoms. The third kappa shape index (κ3) is 2.96. The summed E-state index contributed by atoms with van der Waals surface area (Å²) in [5.41, 5.74) is 0. The summed E-state index contributed by atoms with van der Waals surface area (Å²) >= 11 is 0. The highest BCUT2D eigenvalue weighted by Crippen LogP contribution is 2.23. The first-order chi connectivity index (χ1) is 9.77. The van der Waals surface area contributed by atoms with Gasteiger partial charge in [-0.2, -0.15) is 0 Å². The van der Waals surface area contributed by atoms with Gasteiger partial charge in [0.2, 0.25) is 0 Å². The summed E-state index contributed by atoms with van der Waals surface area (Å²) in [6, 6.07) is 26.8. The summed E-state index contributed by atoms with van der Waals surface area (Å²) in [5.74, 6) is 0. The molecule has 0 saturated carbocycles. The molecule has 0 aromatic heterocycles. The first-order valence-electron chi connectivity index (χ1n) is 7.75. The Morgan fingerprint density at radius 1 is 0.650 bits per heavy atom. The van der Waals surface area contributed by atoms with Crippen molar-refractivity contribution in [2.24, 2.45) is 0 Å². The van der Waals surface area contributed by atoms with Gasteiger partial charge in [-0.3, -0.25) is 0 Å². The molecule has 0 spiro atoms. The smallest absolute Gasteiger partial charge is 0.0680 e. The molecule has 0 nitrogen and oxygen atoms in total. The molecule has 2 rings (SSSR count). The Kier molecular flexibility index (Phi) is 5.38. The summed E-state index contributed by atoms with van der Waals surface area (Å²) in [7, 11) is -1.84. The van der Waals surface area contributed by atoms with E-state index in [0.717, 1.165) is 0 Å². The van der Waals surface area contributed by atoms with Gasteiger partial charge in [0.1, 0.15) is 8.31 Å². The maximum absolute atomic E-state index is 2.43. The molecule has 0 aliphatic rings. The molecule has 0 aliphatic heterocycles. The van der Waals surface area contributed by atoms with E-state index in [1.165, 1.54) is 18.1 Å². The average molecular weight is 298 g/mol. The second-order valence-electron chi connectivity index (χ2n) is 5.45. The molecule has 105 valence electrons. The van der Waals surface area contributed by atoms with Gasteiger partial charge in [0, 0.05) is 0 Å². The molecule has 0 unspecified atom stereocenters. The van der Waals surface area contributed by atoms with E-state index >= 15 is 0 Å². The van der Waals surface area contributed by atoms with Crippen LogP contribution in [0.1, 0.15) is 20.8 Å². The molecule has 0 aliphatic carbocycles. The van der Waals surface area contributed by atoms with Crippen LogP contribution >= 0.6 is 0 Å². The lowest BCUT2D eigenvalue weighted by Crippen LogP contribution is -2.63. The van der Waals surface area contributed by atoms with Crippen LogP contribution in [0.15, 0.2) is 60.7 Å². The molecule has 0 fully saturated rings. The van der Waals surface area contributed by atoms with E-state index in [4.69, 9.17) is 0 Å². The van der Waals surface area contributed by atoms with Crippen LogP contribution in [0.4, 0.5) is 0 Å². The van der Waals surface area contributed by atoms with Gasteiger partial charge in [0.15, 0.2) is 0 Å². The van der Waals surface area contributed by atoms with Crippen molar-refractivity contribution in [3.63, 3.8) is 0 Å². The molecular weight excluding hydrogens is 272 g/mol. The molecule has 0 atom stereocenters. The summed E-state index contributed by atoms with van der Waals surface area (Å²) in [4.78, 5) is 0. The van der Waals surface area contributed by atoms with E-state index < -0.39 is 15.9 Å². The van der Waals surface area contributed by atoms with E-state index in [-0.39, 0.29) is 0 Å². The van der Waals surface area contributed by atoms with Crippen molar-refractivity contribution in [1.29, 1.82) is 0 Å². The van der Waals surface area contributed by atoms with Gasteiger partial charge in [-0.25, -0.2) is 0 Å². The third-order valence-corrected chi connectivity index (χ3v) is 19.7. The fourth-order valence-corrected chi connectivity index (χ4v) is 16.3. The fraction of sp³-hybridized carbons (Fsp3) is 0.333. The fourth-order valence-electron chi connectivity index (χ4n) is 3.27. The first kappa shape index (κ1) is 15.3. The van der Waals surface area contributed by atoms with Crippen LogP contribution in [0.3, 0.4) is 0 Å². The first-order valence-corrected chi connectivity index (χ1v) is 12.9. The lowest BCUT2D eigenvalue weighted by molar-refractivity contribution is 1.21. The zero-order chi connectivity index (χ0) is 14.4. The van der Waals surface area contributed by atoms with E-state index in [1.807, 2.05) is 0 Å². The Labute approximate surface area is 126 Å². The van der Waals surface area contributed by atoms with Gasteiger partial charge < -0.3 is 0 Å². The number of rotatable bonds is 6. The second kappa shape index (κ2) is 7.05. The minimum Gasteiger partial charge on any atom is -0.0680 e. The molecule has 20 heavy (non-hydrogen) atoms. The Bertz CT molecular complexity index is 456. The molecule has 1 radical (unpaired) electrons. The second-order valence-corrected chi connectivity index (χ2v) is 16.7. The van der Waals surface area contributed by atoms with Crippen molar-refractivity contribution in [3.05, 3.63) is 60.7 Å². The van der Waals surface area contributed by atoms with Crippen LogP contribution in [0.5, 0.6) is 0 Å². The minimum atomic E-state index is -1.23. The van der Waals surface area contributed by atoms with Gasteiger partial charge >= 0.3 is 0 Å². The molecule has 0 heterocycles. The van der Waals surface area contributed by atoms with Gasteiger partial charge in [-0.1, -0.05) is 110 Å². The summed E-state index contributed by atoms with van der Waals surface area (Å²) in [6.45, 7) is 7.28. The average Bonchev–Trinajstić information content (AvgIpc) is 2.54. The molecule has 2 heteroatoms. The van der Waals surface area contributed by atoms with E-state index in [9.17, 15) is 0 Å². The molecule has 2 aromatic rings. The van der Waals surface area contributed by atoms with Crippen molar-refractivity contribution >= 4 is 26.3 Å². The summed E-state index contributed by atoms with van der Waals surface area (Å²) in [6.07, 6.45) is 0. The molecule has 0 saturated heterocycles. The third-order valence-electron chi connectivity index (χ3n) is 4.69. The van der Waals surface area contributed by atoms with Crippen molar-refractivity contribution < 1.29 is 0 Å². The minimum absolute atomic E-state index is 0.611. The quantitative estimate of drug-likeness (QED) is 0.710. The van der Waals surface area contributed by atoms with E-state index in [0.29, 0.717) is 0 Å². The van der Waals surface area contributed by atoms with Crippen LogP contribution in [-0.4, -0.2) is 15.9 Å². The van der Waals surface area contributed by atoms with Crippen LogP contribution in [0.2, 0.25) is 18.1 Å². The van der Waals surface area contributed by atoms with Crippen LogP contribution in [0.25, 0.3) is 0 Å². The Balaban J connectivity index is 2.55. The zero-order valence-electron chi connectivity index (χ0n) is 12.9. The van der Waals surface area contributed by atoms with Crippen LogP contribution in [-0.2, 0) is 0 Å². The molecule has 0 N–H and O–H groups in total.